The minimum atomic E-state index is -4.75. The van der Waals surface area contributed by atoms with Gasteiger partial charge in [-0.05, 0) is 49.4 Å². The molecule has 3 atom stereocenters. The topological polar surface area (TPSA) is 114 Å². The van der Waals surface area contributed by atoms with Gasteiger partial charge < -0.3 is 9.47 Å². The van der Waals surface area contributed by atoms with Crippen LogP contribution < -0.4 is 0 Å². The Morgan fingerprint density at radius 3 is 2.39 bits per heavy atom. The van der Waals surface area contributed by atoms with E-state index >= 15 is 0 Å². The third kappa shape index (κ3) is 6.23. The van der Waals surface area contributed by atoms with E-state index in [2.05, 4.69) is 15.0 Å². The van der Waals surface area contributed by atoms with Crippen LogP contribution in [0.2, 0.25) is 0 Å². The third-order valence-corrected chi connectivity index (χ3v) is 6.30. The quantitative estimate of drug-likeness (QED) is 0.156. The van der Waals surface area contributed by atoms with Crippen molar-refractivity contribution in [3.05, 3.63) is 93.0 Å². The molecule has 0 saturated heterocycles. The molecule has 200 valence electrons. The van der Waals surface area contributed by atoms with Gasteiger partial charge in [-0.15, -0.1) is 0 Å². The van der Waals surface area contributed by atoms with Crippen molar-refractivity contribution in [3.8, 4) is 0 Å². The van der Waals surface area contributed by atoms with Crippen molar-refractivity contribution in [1.82, 2.24) is 0 Å². The largest absolute Gasteiger partial charge is 0.468 e. The highest BCUT2D eigenvalue weighted by molar-refractivity contribution is 6.07. The number of hydrogen-bond donors (Lipinski definition) is 0. The summed E-state index contributed by atoms with van der Waals surface area (Å²) in [4.78, 5) is 33.6. The lowest BCUT2D eigenvalue weighted by Crippen LogP contribution is -2.37. The Labute approximate surface area is 217 Å². The second-order valence-corrected chi connectivity index (χ2v) is 8.57. The van der Waals surface area contributed by atoms with Crippen LogP contribution in [0, 0.1) is 5.92 Å². The summed E-state index contributed by atoms with van der Waals surface area (Å²) in [6.45, 7) is 3.04. The number of rotatable bonds is 9. The second-order valence-electron chi connectivity index (χ2n) is 8.57. The van der Waals surface area contributed by atoms with Crippen molar-refractivity contribution in [3.63, 3.8) is 0 Å². The highest BCUT2D eigenvalue weighted by Gasteiger charge is 2.46. The lowest BCUT2D eigenvalue weighted by molar-refractivity contribution is -0.145. The van der Waals surface area contributed by atoms with Crippen LogP contribution in [-0.4, -0.2) is 31.4 Å². The zero-order chi connectivity index (χ0) is 27.9. The number of ether oxygens (including phenoxy) is 2. The lowest BCUT2D eigenvalue weighted by atomic mass is 9.73. The molecule has 8 nitrogen and oxygen atoms in total. The Hall–Kier alpha value is -4.11. The minimum Gasteiger partial charge on any atom is -0.468 e. The number of benzene rings is 2. The molecule has 11 heteroatoms. The smallest absolute Gasteiger partial charge is 0.416 e. The first kappa shape index (κ1) is 28.5. The van der Waals surface area contributed by atoms with Gasteiger partial charge in [0.1, 0.15) is 5.92 Å². The van der Waals surface area contributed by atoms with Gasteiger partial charge in [-0.3, -0.25) is 9.79 Å². The van der Waals surface area contributed by atoms with Crippen LogP contribution in [0.25, 0.3) is 10.4 Å². The van der Waals surface area contributed by atoms with E-state index in [-0.39, 0.29) is 42.0 Å². The highest BCUT2D eigenvalue weighted by Crippen LogP contribution is 2.46. The number of nitrogens with zero attached hydrogens (tertiary/aromatic N) is 4. The molecule has 2 aromatic rings. The first-order chi connectivity index (χ1) is 18.1. The fourth-order valence-electron chi connectivity index (χ4n) is 4.67. The van der Waals surface area contributed by atoms with Crippen LogP contribution in [0.3, 0.4) is 0 Å². The van der Waals surface area contributed by atoms with E-state index in [1.54, 1.807) is 31.2 Å². The summed E-state index contributed by atoms with van der Waals surface area (Å²) in [5.74, 6) is -4.35. The summed E-state index contributed by atoms with van der Waals surface area (Å²) in [6, 6.07) is 13.1. The Bertz CT molecular complexity index is 1280. The number of esters is 2. The maximum absolute atomic E-state index is 14.1. The molecule has 0 spiro atoms. The maximum atomic E-state index is 14.1. The van der Waals surface area contributed by atoms with Crippen molar-refractivity contribution >= 4 is 17.7 Å². The van der Waals surface area contributed by atoms with E-state index < -0.39 is 41.6 Å². The van der Waals surface area contributed by atoms with E-state index in [9.17, 15) is 22.8 Å². The number of aliphatic imine (C=N–C) groups is 1. The zero-order valence-corrected chi connectivity index (χ0v) is 21.1. The fraction of sp³-hybridized carbons (Fsp3) is 0.370. The van der Waals surface area contributed by atoms with Gasteiger partial charge in [0.25, 0.3) is 0 Å². The third-order valence-electron chi connectivity index (χ3n) is 6.30. The molecule has 3 unspecified atom stereocenters. The first-order valence-electron chi connectivity index (χ1n) is 11.9. The van der Waals surface area contributed by atoms with E-state index in [0.717, 1.165) is 18.7 Å². The van der Waals surface area contributed by atoms with Crippen LogP contribution in [-0.2, 0) is 25.2 Å². The Morgan fingerprint density at radius 1 is 1.13 bits per heavy atom. The molecule has 1 aliphatic heterocycles. The maximum Gasteiger partial charge on any atom is 0.416 e. The van der Waals surface area contributed by atoms with Gasteiger partial charge in [-0.2, -0.15) is 13.2 Å². The van der Waals surface area contributed by atoms with Crippen LogP contribution in [0.15, 0.2) is 76.0 Å². The van der Waals surface area contributed by atoms with Crippen molar-refractivity contribution in [2.45, 2.75) is 44.8 Å². The van der Waals surface area contributed by atoms with Gasteiger partial charge in [0.2, 0.25) is 0 Å². The van der Waals surface area contributed by atoms with Crippen molar-refractivity contribution in [2.24, 2.45) is 16.0 Å². The number of halogens is 3. The van der Waals surface area contributed by atoms with E-state index in [1.807, 2.05) is 6.07 Å². The standard InChI is InChI=1S/C27H27F3N4O4/c1-4-38-26(36)24-21(15-14-20(33-34-31)17-10-6-5-7-11-17)32-16(2)22(25(35)37-3)23(24)18-12-8-9-13-19(18)27(28,29)30/h5-13,20,22-23H,4,14-15H2,1-3H3. The molecule has 1 aliphatic rings. The number of carbonyl (C=O) groups is 2. The van der Waals surface area contributed by atoms with Crippen LogP contribution >= 0.6 is 0 Å². The monoisotopic (exact) mass is 528 g/mol. The summed E-state index contributed by atoms with van der Waals surface area (Å²) in [5, 5.41) is 3.85. The molecule has 0 amide bonds. The molecule has 0 fully saturated rings. The molecule has 38 heavy (non-hydrogen) atoms. The summed E-state index contributed by atoms with van der Waals surface area (Å²) in [5.41, 5.74) is 8.78. The van der Waals surface area contributed by atoms with E-state index in [1.165, 1.54) is 25.1 Å². The molecule has 0 aliphatic carbocycles. The van der Waals surface area contributed by atoms with Gasteiger partial charge in [0.15, 0.2) is 0 Å². The van der Waals surface area contributed by atoms with Crippen molar-refractivity contribution in [1.29, 1.82) is 0 Å². The molecule has 0 aromatic heterocycles. The van der Waals surface area contributed by atoms with Crippen molar-refractivity contribution < 1.29 is 32.2 Å². The SMILES string of the molecule is CCOC(=O)C1=C(CCC(N=[N+]=[N-])c2ccccc2)N=C(C)C(C(=O)OC)C1c1ccccc1C(F)(F)F. The normalized spacial score (nSPS) is 18.2. The van der Waals surface area contributed by atoms with E-state index in [0.29, 0.717) is 0 Å². The molecule has 3 rings (SSSR count). The minimum absolute atomic E-state index is 0.0415. The fourth-order valence-corrected chi connectivity index (χ4v) is 4.67. The number of azide groups is 1. The van der Waals surface area contributed by atoms with Crippen LogP contribution in [0.1, 0.15) is 55.3 Å². The predicted molar refractivity (Wildman–Crippen MR) is 134 cm³/mol. The van der Waals surface area contributed by atoms with Crippen molar-refractivity contribution in [2.75, 3.05) is 13.7 Å². The number of carbonyl (C=O) groups excluding carboxylic acids is 2. The van der Waals surface area contributed by atoms with Gasteiger partial charge >= 0.3 is 18.1 Å². The number of alkyl halides is 3. The Balaban J connectivity index is 2.21. The zero-order valence-electron chi connectivity index (χ0n) is 21.1. The summed E-state index contributed by atoms with van der Waals surface area (Å²) >= 11 is 0. The Morgan fingerprint density at radius 2 is 1.79 bits per heavy atom. The average molecular weight is 529 g/mol. The Kier molecular flexibility index (Phi) is 9.30. The number of hydrogen-bond acceptors (Lipinski definition) is 6. The molecular formula is C27H27F3N4O4. The van der Waals surface area contributed by atoms with Gasteiger partial charge in [0, 0.05) is 16.5 Å². The molecule has 0 saturated carbocycles. The van der Waals surface area contributed by atoms with Crippen LogP contribution in [0.4, 0.5) is 13.2 Å². The molecule has 1 heterocycles. The summed E-state index contributed by atoms with van der Waals surface area (Å²) < 4.78 is 52.4. The molecule has 0 radical (unpaired) electrons. The molecule has 0 bridgehead atoms. The van der Waals surface area contributed by atoms with Gasteiger partial charge in [-0.1, -0.05) is 53.6 Å². The molecule has 2 aromatic carbocycles. The predicted octanol–water partition coefficient (Wildman–Crippen LogP) is 6.70. The van der Waals surface area contributed by atoms with Crippen LogP contribution in [0.5, 0.6) is 0 Å². The summed E-state index contributed by atoms with van der Waals surface area (Å²) in [7, 11) is 1.12. The van der Waals surface area contributed by atoms with Gasteiger partial charge in [0.05, 0.1) is 36.6 Å². The van der Waals surface area contributed by atoms with E-state index in [4.69, 9.17) is 15.0 Å². The molecular weight excluding hydrogens is 501 g/mol. The highest BCUT2D eigenvalue weighted by atomic mass is 19.4. The summed E-state index contributed by atoms with van der Waals surface area (Å²) in [6.07, 6.45) is -4.47. The second kappa shape index (κ2) is 12.4. The van der Waals surface area contributed by atoms with Gasteiger partial charge in [-0.25, -0.2) is 4.79 Å². The lowest BCUT2D eigenvalue weighted by Gasteiger charge is -2.33. The first-order valence-corrected chi connectivity index (χ1v) is 11.9. The number of allylic oxidation sites excluding steroid dienone is 1. The molecule has 0 N–H and O–H groups in total. The average Bonchev–Trinajstić information content (AvgIpc) is 2.90. The number of methoxy groups -OCH3 is 1.